The highest BCUT2D eigenvalue weighted by atomic mass is 19.4. The highest BCUT2D eigenvalue weighted by Gasteiger charge is 2.30. The van der Waals surface area contributed by atoms with E-state index in [2.05, 4.69) is 11.9 Å². The molecule has 1 aromatic carbocycles. The normalized spacial score (nSPS) is 13.4. The van der Waals surface area contributed by atoms with Crippen LogP contribution in [0.2, 0.25) is 0 Å². The van der Waals surface area contributed by atoms with Crippen LogP contribution in [0.25, 0.3) is 0 Å². The van der Waals surface area contributed by atoms with E-state index in [4.69, 9.17) is 0 Å². The topological polar surface area (TPSA) is 12.0 Å². The average Bonchev–Trinajstić information content (AvgIpc) is 2.29. The van der Waals surface area contributed by atoms with Gasteiger partial charge in [0.05, 0.1) is 11.6 Å². The van der Waals surface area contributed by atoms with Crippen molar-refractivity contribution in [3.63, 3.8) is 0 Å². The molecule has 0 amide bonds. The van der Waals surface area contributed by atoms with E-state index < -0.39 is 11.7 Å². The predicted molar refractivity (Wildman–Crippen MR) is 62.7 cm³/mol. The zero-order valence-electron chi connectivity index (χ0n) is 9.72. The van der Waals surface area contributed by atoms with Gasteiger partial charge in [-0.25, -0.2) is 0 Å². The van der Waals surface area contributed by atoms with Crippen LogP contribution in [-0.2, 0) is 6.18 Å². The molecule has 0 aliphatic heterocycles. The van der Waals surface area contributed by atoms with Crippen molar-refractivity contribution in [1.29, 1.82) is 0 Å². The molecular formula is C13H16F3N. The summed E-state index contributed by atoms with van der Waals surface area (Å²) in [5.74, 6) is 0. The fourth-order valence-corrected chi connectivity index (χ4v) is 1.55. The molecule has 1 aromatic rings. The van der Waals surface area contributed by atoms with Gasteiger partial charge >= 0.3 is 6.18 Å². The Morgan fingerprint density at radius 1 is 1.41 bits per heavy atom. The van der Waals surface area contributed by atoms with Gasteiger partial charge in [0, 0.05) is 0 Å². The minimum Gasteiger partial charge on any atom is -0.307 e. The molecule has 17 heavy (non-hydrogen) atoms. The molecule has 0 aromatic heterocycles. The third kappa shape index (κ3) is 3.89. The first-order valence-electron chi connectivity index (χ1n) is 5.52. The summed E-state index contributed by atoms with van der Waals surface area (Å²) >= 11 is 0. The van der Waals surface area contributed by atoms with Gasteiger partial charge in [-0.2, -0.15) is 13.2 Å². The lowest BCUT2D eigenvalue weighted by Crippen LogP contribution is -2.20. The van der Waals surface area contributed by atoms with Crippen LogP contribution in [0.15, 0.2) is 36.9 Å². The van der Waals surface area contributed by atoms with Gasteiger partial charge < -0.3 is 5.32 Å². The Morgan fingerprint density at radius 3 is 2.65 bits per heavy atom. The van der Waals surface area contributed by atoms with Crippen LogP contribution in [0.5, 0.6) is 0 Å². The molecule has 1 rings (SSSR count). The highest BCUT2D eigenvalue weighted by molar-refractivity contribution is 5.29. The van der Waals surface area contributed by atoms with E-state index in [1.54, 1.807) is 12.1 Å². The van der Waals surface area contributed by atoms with Crippen LogP contribution in [0, 0.1) is 0 Å². The van der Waals surface area contributed by atoms with Gasteiger partial charge in [0.25, 0.3) is 0 Å². The summed E-state index contributed by atoms with van der Waals surface area (Å²) in [5.41, 5.74) is -0.0385. The van der Waals surface area contributed by atoms with Gasteiger partial charge in [0.2, 0.25) is 0 Å². The summed E-state index contributed by atoms with van der Waals surface area (Å²) in [5, 5.41) is 3.13. The summed E-state index contributed by atoms with van der Waals surface area (Å²) < 4.78 is 37.6. The second-order valence-corrected chi connectivity index (χ2v) is 3.79. The number of alkyl halides is 3. The summed E-state index contributed by atoms with van der Waals surface area (Å²) in [6.07, 6.45) is -1.76. The van der Waals surface area contributed by atoms with Crippen LogP contribution in [-0.4, -0.2) is 6.54 Å². The van der Waals surface area contributed by atoms with Crippen LogP contribution in [0.1, 0.15) is 30.5 Å². The molecule has 0 aliphatic carbocycles. The predicted octanol–water partition coefficient (Wildman–Crippen LogP) is 3.93. The van der Waals surface area contributed by atoms with E-state index in [0.29, 0.717) is 5.56 Å². The van der Waals surface area contributed by atoms with E-state index in [0.717, 1.165) is 25.1 Å². The van der Waals surface area contributed by atoms with Crippen LogP contribution in [0.3, 0.4) is 0 Å². The second-order valence-electron chi connectivity index (χ2n) is 3.79. The summed E-state index contributed by atoms with van der Waals surface area (Å²) in [6.45, 7) is 6.38. The molecule has 0 heterocycles. The summed E-state index contributed by atoms with van der Waals surface area (Å²) in [4.78, 5) is 0. The van der Waals surface area contributed by atoms with Crippen molar-refractivity contribution in [1.82, 2.24) is 5.32 Å². The third-order valence-corrected chi connectivity index (χ3v) is 2.42. The molecule has 0 saturated carbocycles. The first-order chi connectivity index (χ1) is 7.99. The molecule has 0 saturated heterocycles. The third-order valence-electron chi connectivity index (χ3n) is 2.42. The summed E-state index contributed by atoms with van der Waals surface area (Å²) in [6, 6.07) is 5.09. The lowest BCUT2D eigenvalue weighted by molar-refractivity contribution is -0.137. The van der Waals surface area contributed by atoms with Crippen molar-refractivity contribution in [3.05, 3.63) is 48.0 Å². The lowest BCUT2D eigenvalue weighted by Gasteiger charge is -2.16. The van der Waals surface area contributed by atoms with Crippen molar-refractivity contribution in [2.45, 2.75) is 25.6 Å². The zero-order chi connectivity index (χ0) is 12.9. The van der Waals surface area contributed by atoms with Gasteiger partial charge in [-0.1, -0.05) is 25.1 Å². The highest BCUT2D eigenvalue weighted by Crippen LogP contribution is 2.30. The molecule has 1 N–H and O–H groups in total. The second kappa shape index (κ2) is 5.87. The number of nitrogens with one attached hydrogen (secondary N) is 1. The number of benzene rings is 1. The largest absolute Gasteiger partial charge is 0.416 e. The number of halogens is 3. The maximum absolute atomic E-state index is 12.5. The van der Waals surface area contributed by atoms with Gasteiger partial charge in [-0.3, -0.25) is 0 Å². The van der Waals surface area contributed by atoms with E-state index >= 15 is 0 Å². The minimum absolute atomic E-state index is 0.239. The SMILES string of the molecule is C=CC(NCCC)c1cccc(C(F)(F)F)c1. The van der Waals surface area contributed by atoms with Gasteiger partial charge in [-0.05, 0) is 30.7 Å². The smallest absolute Gasteiger partial charge is 0.307 e. The fraction of sp³-hybridized carbons (Fsp3) is 0.385. The van der Waals surface area contributed by atoms with Crippen molar-refractivity contribution in [2.75, 3.05) is 6.54 Å². The molecule has 0 spiro atoms. The molecule has 0 fully saturated rings. The Morgan fingerprint density at radius 2 is 2.12 bits per heavy atom. The van der Waals surface area contributed by atoms with Crippen LogP contribution >= 0.6 is 0 Å². The van der Waals surface area contributed by atoms with E-state index in [9.17, 15) is 13.2 Å². The Balaban J connectivity index is 2.93. The van der Waals surface area contributed by atoms with Crippen molar-refractivity contribution < 1.29 is 13.2 Å². The van der Waals surface area contributed by atoms with Gasteiger partial charge in [0.15, 0.2) is 0 Å². The Kier molecular flexibility index (Phi) is 4.75. The molecule has 0 radical (unpaired) electrons. The minimum atomic E-state index is -4.30. The molecule has 1 atom stereocenters. The first kappa shape index (κ1) is 13.8. The lowest BCUT2D eigenvalue weighted by atomic mass is 10.0. The Hall–Kier alpha value is -1.29. The van der Waals surface area contributed by atoms with Crippen molar-refractivity contribution in [2.24, 2.45) is 0 Å². The van der Waals surface area contributed by atoms with Crippen LogP contribution in [0.4, 0.5) is 13.2 Å². The summed E-state index contributed by atoms with van der Waals surface area (Å²) in [7, 11) is 0. The van der Waals surface area contributed by atoms with Crippen molar-refractivity contribution in [3.8, 4) is 0 Å². The maximum Gasteiger partial charge on any atom is 0.416 e. The van der Waals surface area contributed by atoms with E-state index in [1.165, 1.54) is 6.07 Å². The molecule has 0 aliphatic rings. The van der Waals surface area contributed by atoms with Crippen molar-refractivity contribution >= 4 is 0 Å². The number of hydrogen-bond acceptors (Lipinski definition) is 1. The van der Waals surface area contributed by atoms with Gasteiger partial charge in [0.1, 0.15) is 0 Å². The number of rotatable bonds is 5. The molecule has 94 valence electrons. The maximum atomic E-state index is 12.5. The molecule has 4 heteroatoms. The molecule has 1 nitrogen and oxygen atoms in total. The van der Waals surface area contributed by atoms with Crippen LogP contribution < -0.4 is 5.32 Å². The Bertz CT molecular complexity index is 371. The first-order valence-corrected chi connectivity index (χ1v) is 5.52. The standard InChI is InChI=1S/C13H16F3N/c1-3-8-17-12(4-2)10-6-5-7-11(9-10)13(14,15)16/h4-7,9,12,17H,2-3,8H2,1H3. The quantitative estimate of drug-likeness (QED) is 0.772. The Labute approximate surface area is 99.3 Å². The molecule has 1 unspecified atom stereocenters. The van der Waals surface area contributed by atoms with E-state index in [1.807, 2.05) is 6.92 Å². The van der Waals surface area contributed by atoms with Gasteiger partial charge in [-0.15, -0.1) is 6.58 Å². The molecular weight excluding hydrogens is 227 g/mol. The monoisotopic (exact) mass is 243 g/mol. The average molecular weight is 243 g/mol. The molecule has 0 bridgehead atoms. The van der Waals surface area contributed by atoms with E-state index in [-0.39, 0.29) is 6.04 Å². The number of hydrogen-bond donors (Lipinski definition) is 1. The fourth-order valence-electron chi connectivity index (χ4n) is 1.55. The zero-order valence-corrected chi connectivity index (χ0v) is 9.72.